The molecule has 0 radical (unpaired) electrons. The van der Waals surface area contributed by atoms with Crippen molar-refractivity contribution in [2.24, 2.45) is 11.7 Å². The Morgan fingerprint density at radius 2 is 2.21 bits per heavy atom. The van der Waals surface area contributed by atoms with Gasteiger partial charge in [0.1, 0.15) is 11.6 Å². The molecule has 0 aromatic heterocycles. The molecular weight excluding hydrogens is 249 g/mol. The maximum atomic E-state index is 13.1. The van der Waals surface area contributed by atoms with E-state index in [0.29, 0.717) is 23.0 Å². The van der Waals surface area contributed by atoms with Crippen molar-refractivity contribution in [2.75, 3.05) is 6.54 Å². The molecule has 0 aliphatic rings. The lowest BCUT2D eigenvalue weighted by Gasteiger charge is -2.12. The third-order valence-electron chi connectivity index (χ3n) is 2.13. The molecule has 0 spiro atoms. The highest BCUT2D eigenvalue weighted by atomic mass is 79.9. The van der Waals surface area contributed by atoms with Gasteiger partial charge in [-0.3, -0.25) is 0 Å². The molecular formula is C10H13BrFNO. The number of phenolic OH excluding ortho intramolecular Hbond substituents is 1. The normalized spacial score (nSPS) is 12.9. The van der Waals surface area contributed by atoms with Crippen LogP contribution >= 0.6 is 15.9 Å². The van der Waals surface area contributed by atoms with Gasteiger partial charge in [-0.15, -0.1) is 0 Å². The van der Waals surface area contributed by atoms with Crippen LogP contribution in [0.4, 0.5) is 4.39 Å². The molecule has 1 aromatic rings. The standard InChI is InChI=1S/C10H13BrFNO/c1-6(5-13)4-7-9(14)3-2-8(12)10(7)11/h2-3,6,14H,4-5,13H2,1H3. The van der Waals surface area contributed by atoms with E-state index in [2.05, 4.69) is 15.9 Å². The molecule has 0 saturated carbocycles. The Morgan fingerprint density at radius 1 is 1.57 bits per heavy atom. The van der Waals surface area contributed by atoms with Crippen LogP contribution in [-0.4, -0.2) is 11.7 Å². The summed E-state index contributed by atoms with van der Waals surface area (Å²) in [5.74, 6) is -0.0282. The van der Waals surface area contributed by atoms with Crippen molar-refractivity contribution in [1.29, 1.82) is 0 Å². The summed E-state index contributed by atoms with van der Waals surface area (Å²) in [5, 5.41) is 9.52. The fourth-order valence-corrected chi connectivity index (χ4v) is 1.71. The summed E-state index contributed by atoms with van der Waals surface area (Å²) in [6.45, 7) is 2.47. The molecule has 0 amide bonds. The summed E-state index contributed by atoms with van der Waals surface area (Å²) in [4.78, 5) is 0. The molecule has 1 atom stereocenters. The number of nitrogens with two attached hydrogens (primary N) is 1. The number of rotatable bonds is 3. The summed E-state index contributed by atoms with van der Waals surface area (Å²) >= 11 is 3.11. The van der Waals surface area contributed by atoms with Gasteiger partial charge in [0.25, 0.3) is 0 Å². The number of halogens is 2. The third-order valence-corrected chi connectivity index (χ3v) is 2.98. The zero-order valence-electron chi connectivity index (χ0n) is 7.93. The first kappa shape index (κ1) is 11.5. The van der Waals surface area contributed by atoms with E-state index >= 15 is 0 Å². The molecule has 4 heteroatoms. The van der Waals surface area contributed by atoms with Crippen molar-refractivity contribution < 1.29 is 9.50 Å². The third kappa shape index (κ3) is 2.45. The number of phenols is 1. The quantitative estimate of drug-likeness (QED) is 0.878. The molecule has 3 N–H and O–H groups in total. The molecule has 14 heavy (non-hydrogen) atoms. The Balaban J connectivity index is 3.00. The van der Waals surface area contributed by atoms with Crippen LogP contribution in [-0.2, 0) is 6.42 Å². The highest BCUT2D eigenvalue weighted by molar-refractivity contribution is 9.10. The van der Waals surface area contributed by atoms with Crippen LogP contribution in [0.5, 0.6) is 5.75 Å². The van der Waals surface area contributed by atoms with E-state index in [1.807, 2.05) is 6.92 Å². The minimum Gasteiger partial charge on any atom is -0.508 e. The van der Waals surface area contributed by atoms with Gasteiger partial charge < -0.3 is 10.8 Å². The average molecular weight is 262 g/mol. The minimum absolute atomic E-state index is 0.110. The Bertz CT molecular complexity index is 330. The molecule has 0 bridgehead atoms. The van der Waals surface area contributed by atoms with E-state index in [9.17, 15) is 9.50 Å². The second-order valence-corrected chi connectivity index (χ2v) is 4.20. The lowest BCUT2D eigenvalue weighted by atomic mass is 10.0. The van der Waals surface area contributed by atoms with Gasteiger partial charge in [-0.2, -0.15) is 0 Å². The van der Waals surface area contributed by atoms with Crippen molar-refractivity contribution in [2.45, 2.75) is 13.3 Å². The molecule has 0 saturated heterocycles. The molecule has 1 unspecified atom stereocenters. The maximum absolute atomic E-state index is 13.1. The molecule has 0 aliphatic heterocycles. The number of aromatic hydroxyl groups is 1. The monoisotopic (exact) mass is 261 g/mol. The fraction of sp³-hybridized carbons (Fsp3) is 0.400. The van der Waals surface area contributed by atoms with E-state index in [-0.39, 0.29) is 17.5 Å². The van der Waals surface area contributed by atoms with Gasteiger partial charge in [0, 0.05) is 5.56 Å². The second kappa shape index (κ2) is 4.75. The van der Waals surface area contributed by atoms with Gasteiger partial charge in [0.15, 0.2) is 0 Å². The van der Waals surface area contributed by atoms with Crippen LogP contribution in [0.3, 0.4) is 0 Å². The van der Waals surface area contributed by atoms with E-state index in [4.69, 9.17) is 5.73 Å². The van der Waals surface area contributed by atoms with Crippen molar-refractivity contribution in [3.05, 3.63) is 28.0 Å². The number of hydrogen-bond donors (Lipinski definition) is 2. The first-order valence-electron chi connectivity index (χ1n) is 4.42. The first-order chi connectivity index (χ1) is 6.56. The smallest absolute Gasteiger partial charge is 0.137 e. The van der Waals surface area contributed by atoms with E-state index in [1.165, 1.54) is 12.1 Å². The number of hydrogen-bond acceptors (Lipinski definition) is 2. The SMILES string of the molecule is CC(CN)Cc1c(O)ccc(F)c1Br. The van der Waals surface area contributed by atoms with Crippen molar-refractivity contribution >= 4 is 15.9 Å². The van der Waals surface area contributed by atoms with Crippen LogP contribution in [0.1, 0.15) is 12.5 Å². The van der Waals surface area contributed by atoms with Crippen LogP contribution < -0.4 is 5.73 Å². The zero-order valence-corrected chi connectivity index (χ0v) is 9.51. The van der Waals surface area contributed by atoms with Gasteiger partial charge in [-0.1, -0.05) is 6.92 Å². The largest absolute Gasteiger partial charge is 0.508 e. The first-order valence-corrected chi connectivity index (χ1v) is 5.21. The zero-order chi connectivity index (χ0) is 10.7. The summed E-state index contributed by atoms with van der Waals surface area (Å²) in [6.07, 6.45) is 0.570. The predicted octanol–water partition coefficient (Wildman–Crippen LogP) is 2.43. The fourth-order valence-electron chi connectivity index (χ4n) is 1.21. The molecule has 2 nitrogen and oxygen atoms in total. The van der Waals surface area contributed by atoms with Crippen molar-refractivity contribution in [3.63, 3.8) is 0 Å². The molecule has 78 valence electrons. The van der Waals surface area contributed by atoms with Gasteiger partial charge in [0.2, 0.25) is 0 Å². The maximum Gasteiger partial charge on any atom is 0.137 e. The summed E-state index contributed by atoms with van der Waals surface area (Å²) < 4.78 is 13.5. The van der Waals surface area contributed by atoms with Gasteiger partial charge >= 0.3 is 0 Å². The molecule has 0 heterocycles. The minimum atomic E-state index is -0.359. The second-order valence-electron chi connectivity index (χ2n) is 3.40. The van der Waals surface area contributed by atoms with Crippen LogP contribution in [0.25, 0.3) is 0 Å². The Kier molecular flexibility index (Phi) is 3.89. The molecule has 0 fully saturated rings. The Labute approximate surface area is 91.1 Å². The Morgan fingerprint density at radius 3 is 2.79 bits per heavy atom. The molecule has 0 aliphatic carbocycles. The lowest BCUT2D eigenvalue weighted by molar-refractivity contribution is 0.456. The van der Waals surface area contributed by atoms with E-state index < -0.39 is 0 Å². The highest BCUT2D eigenvalue weighted by Crippen LogP contribution is 2.30. The van der Waals surface area contributed by atoms with Gasteiger partial charge in [0.05, 0.1) is 4.47 Å². The van der Waals surface area contributed by atoms with Crippen LogP contribution in [0.15, 0.2) is 16.6 Å². The number of benzene rings is 1. The highest BCUT2D eigenvalue weighted by Gasteiger charge is 2.13. The van der Waals surface area contributed by atoms with Crippen molar-refractivity contribution in [3.8, 4) is 5.75 Å². The average Bonchev–Trinajstić information content (AvgIpc) is 2.18. The summed E-state index contributed by atoms with van der Waals surface area (Å²) in [6, 6.07) is 2.59. The summed E-state index contributed by atoms with van der Waals surface area (Å²) in [7, 11) is 0. The molecule has 1 aromatic carbocycles. The van der Waals surface area contributed by atoms with E-state index in [0.717, 1.165) is 0 Å². The van der Waals surface area contributed by atoms with E-state index in [1.54, 1.807) is 0 Å². The van der Waals surface area contributed by atoms with Crippen molar-refractivity contribution in [1.82, 2.24) is 0 Å². The summed E-state index contributed by atoms with van der Waals surface area (Å²) in [5.41, 5.74) is 6.05. The molecule has 1 rings (SSSR count). The predicted molar refractivity (Wildman–Crippen MR) is 57.7 cm³/mol. The topological polar surface area (TPSA) is 46.2 Å². The van der Waals surface area contributed by atoms with Gasteiger partial charge in [-0.05, 0) is 46.9 Å². The van der Waals surface area contributed by atoms with Crippen LogP contribution in [0, 0.1) is 11.7 Å². The Hall–Kier alpha value is -0.610. The van der Waals surface area contributed by atoms with Crippen LogP contribution in [0.2, 0.25) is 0 Å². The van der Waals surface area contributed by atoms with Gasteiger partial charge in [-0.25, -0.2) is 4.39 Å². The lowest BCUT2D eigenvalue weighted by Crippen LogP contribution is -2.13.